The van der Waals surface area contributed by atoms with Gasteiger partial charge in [0.2, 0.25) is 5.91 Å². The van der Waals surface area contributed by atoms with Gasteiger partial charge >= 0.3 is 0 Å². The molecule has 2 aliphatic rings. The third-order valence-electron chi connectivity index (χ3n) is 5.76. The fourth-order valence-corrected chi connectivity index (χ4v) is 4.39. The molecule has 8 heteroatoms. The van der Waals surface area contributed by atoms with Crippen LogP contribution in [0.5, 0.6) is 0 Å². The molecule has 0 radical (unpaired) electrons. The van der Waals surface area contributed by atoms with E-state index in [4.69, 9.17) is 11.6 Å². The first-order valence-electron chi connectivity index (χ1n) is 9.75. The minimum Gasteiger partial charge on any atom is -0.362 e. The summed E-state index contributed by atoms with van der Waals surface area (Å²) in [6, 6.07) is 13.2. The molecule has 0 aromatic heterocycles. The van der Waals surface area contributed by atoms with E-state index in [1.165, 1.54) is 11.6 Å². The van der Waals surface area contributed by atoms with Gasteiger partial charge in [0, 0.05) is 49.0 Å². The van der Waals surface area contributed by atoms with Crippen LogP contribution >= 0.6 is 11.6 Å². The van der Waals surface area contributed by atoms with Crippen LogP contribution in [0.1, 0.15) is 12.5 Å². The number of nitrogens with zero attached hydrogens (tertiary/aromatic N) is 4. The van der Waals surface area contributed by atoms with E-state index in [-0.39, 0.29) is 11.6 Å². The van der Waals surface area contributed by atoms with Crippen LogP contribution in [0.3, 0.4) is 0 Å². The molecular formula is C21H23ClN4O3. The van der Waals surface area contributed by atoms with Gasteiger partial charge < -0.3 is 14.7 Å². The number of piperazine rings is 1. The van der Waals surface area contributed by atoms with Gasteiger partial charge in [0.15, 0.2) is 0 Å². The molecule has 0 N–H and O–H groups in total. The summed E-state index contributed by atoms with van der Waals surface area (Å²) in [7, 11) is 0. The van der Waals surface area contributed by atoms with Gasteiger partial charge in [0.1, 0.15) is 5.69 Å². The highest BCUT2D eigenvalue weighted by molar-refractivity contribution is 6.30. The van der Waals surface area contributed by atoms with Crippen molar-refractivity contribution in [3.05, 3.63) is 63.2 Å². The van der Waals surface area contributed by atoms with Crippen LogP contribution in [-0.2, 0) is 11.2 Å². The molecule has 2 aromatic carbocycles. The van der Waals surface area contributed by atoms with Crippen molar-refractivity contribution in [3.8, 4) is 0 Å². The maximum atomic E-state index is 12.9. The average molecular weight is 415 g/mol. The van der Waals surface area contributed by atoms with Gasteiger partial charge in [0.05, 0.1) is 11.5 Å². The molecule has 152 valence electrons. The number of rotatable bonds is 4. The van der Waals surface area contributed by atoms with Crippen LogP contribution in [0.4, 0.5) is 17.1 Å². The molecule has 1 saturated heterocycles. The van der Waals surface area contributed by atoms with Crippen molar-refractivity contribution in [1.29, 1.82) is 0 Å². The zero-order valence-corrected chi connectivity index (χ0v) is 17.0. The standard InChI is InChI=1S/C21H23ClN4O3/c1-15-12-16-4-2-3-5-18(16)25(15)14-21(27)24-10-8-23(9-11-24)19-7-6-17(22)13-20(19)26(28)29/h2-7,13,15H,8-12,14H2,1H3/t15-/m1/s1. The number of anilines is 2. The van der Waals surface area contributed by atoms with E-state index in [1.807, 2.05) is 21.9 Å². The summed E-state index contributed by atoms with van der Waals surface area (Å²) in [5.41, 5.74) is 2.98. The van der Waals surface area contributed by atoms with Gasteiger partial charge in [-0.25, -0.2) is 0 Å². The third-order valence-corrected chi connectivity index (χ3v) is 6.00. The Balaban J connectivity index is 1.40. The lowest BCUT2D eigenvalue weighted by Crippen LogP contribution is -2.52. The number of carbonyl (C=O) groups is 1. The fraction of sp³-hybridized carbons (Fsp3) is 0.381. The van der Waals surface area contributed by atoms with Gasteiger partial charge in [-0.15, -0.1) is 0 Å². The SMILES string of the molecule is C[C@@H]1Cc2ccccc2N1CC(=O)N1CCN(c2ccc(Cl)cc2[N+](=O)[O-])CC1. The van der Waals surface area contributed by atoms with E-state index in [0.29, 0.717) is 49.5 Å². The Morgan fingerprint density at radius 2 is 1.86 bits per heavy atom. The summed E-state index contributed by atoms with van der Waals surface area (Å²) in [6.07, 6.45) is 0.956. The van der Waals surface area contributed by atoms with Crippen LogP contribution in [0.15, 0.2) is 42.5 Å². The molecule has 7 nitrogen and oxygen atoms in total. The molecule has 1 atom stereocenters. The van der Waals surface area contributed by atoms with Crippen LogP contribution in [0.25, 0.3) is 0 Å². The Morgan fingerprint density at radius 3 is 2.59 bits per heavy atom. The molecule has 0 spiro atoms. The third kappa shape index (κ3) is 3.87. The van der Waals surface area contributed by atoms with E-state index in [9.17, 15) is 14.9 Å². The highest BCUT2D eigenvalue weighted by atomic mass is 35.5. The molecule has 2 heterocycles. The predicted octanol–water partition coefficient (Wildman–Crippen LogP) is 3.35. The molecule has 4 rings (SSSR count). The quantitative estimate of drug-likeness (QED) is 0.566. The van der Waals surface area contributed by atoms with E-state index in [2.05, 4.69) is 24.0 Å². The van der Waals surface area contributed by atoms with E-state index >= 15 is 0 Å². The second-order valence-electron chi connectivity index (χ2n) is 7.57. The molecule has 0 aliphatic carbocycles. The Labute approximate surface area is 174 Å². The largest absolute Gasteiger partial charge is 0.362 e. The normalized spacial score (nSPS) is 18.7. The van der Waals surface area contributed by atoms with Crippen molar-refractivity contribution in [3.63, 3.8) is 0 Å². The maximum Gasteiger partial charge on any atom is 0.294 e. The fourth-order valence-electron chi connectivity index (χ4n) is 4.22. The van der Waals surface area contributed by atoms with Crippen LogP contribution in [0, 0.1) is 10.1 Å². The highest BCUT2D eigenvalue weighted by Gasteiger charge is 2.30. The van der Waals surface area contributed by atoms with Crippen molar-refractivity contribution in [2.24, 2.45) is 0 Å². The lowest BCUT2D eigenvalue weighted by Gasteiger charge is -2.37. The second kappa shape index (κ2) is 7.91. The number of hydrogen-bond donors (Lipinski definition) is 0. The monoisotopic (exact) mass is 414 g/mol. The van der Waals surface area contributed by atoms with Crippen molar-refractivity contribution >= 4 is 34.6 Å². The molecule has 1 fully saturated rings. The Kier molecular flexibility index (Phi) is 5.32. The van der Waals surface area contributed by atoms with Crippen LogP contribution < -0.4 is 9.80 Å². The number of halogens is 1. The minimum absolute atomic E-state index is 0.000208. The first kappa shape index (κ1) is 19.5. The van der Waals surface area contributed by atoms with Gasteiger partial charge in [-0.1, -0.05) is 29.8 Å². The molecular weight excluding hydrogens is 392 g/mol. The molecule has 0 saturated carbocycles. The zero-order valence-electron chi connectivity index (χ0n) is 16.3. The number of para-hydroxylation sites is 1. The van der Waals surface area contributed by atoms with Gasteiger partial charge in [0.25, 0.3) is 5.69 Å². The first-order chi connectivity index (χ1) is 13.9. The molecule has 0 unspecified atom stereocenters. The smallest absolute Gasteiger partial charge is 0.294 e. The van der Waals surface area contributed by atoms with Crippen LogP contribution in [-0.4, -0.2) is 54.5 Å². The zero-order chi connectivity index (χ0) is 20.5. The highest BCUT2D eigenvalue weighted by Crippen LogP contribution is 2.33. The predicted molar refractivity (Wildman–Crippen MR) is 114 cm³/mol. The Morgan fingerprint density at radius 1 is 1.14 bits per heavy atom. The van der Waals surface area contributed by atoms with Gasteiger partial charge in [-0.05, 0) is 37.1 Å². The number of nitro benzene ring substituents is 1. The summed E-state index contributed by atoms with van der Waals surface area (Å²) in [6.45, 7) is 4.70. The number of carbonyl (C=O) groups excluding carboxylic acids is 1. The van der Waals surface area contributed by atoms with Crippen molar-refractivity contribution in [1.82, 2.24) is 4.90 Å². The number of fused-ring (bicyclic) bond motifs is 1. The first-order valence-corrected chi connectivity index (χ1v) is 10.1. The van der Waals surface area contributed by atoms with Crippen LogP contribution in [0.2, 0.25) is 5.02 Å². The summed E-state index contributed by atoms with van der Waals surface area (Å²) >= 11 is 5.91. The minimum atomic E-state index is -0.412. The number of amides is 1. The van der Waals surface area contributed by atoms with E-state index in [0.717, 1.165) is 12.1 Å². The maximum absolute atomic E-state index is 12.9. The number of nitro groups is 1. The molecule has 2 aliphatic heterocycles. The number of benzene rings is 2. The molecule has 0 bridgehead atoms. The molecule has 29 heavy (non-hydrogen) atoms. The summed E-state index contributed by atoms with van der Waals surface area (Å²) in [5, 5.41) is 11.7. The number of hydrogen-bond acceptors (Lipinski definition) is 5. The molecule has 1 amide bonds. The van der Waals surface area contributed by atoms with Crippen molar-refractivity contribution in [2.45, 2.75) is 19.4 Å². The lowest BCUT2D eigenvalue weighted by atomic mass is 10.1. The lowest BCUT2D eigenvalue weighted by molar-refractivity contribution is -0.384. The van der Waals surface area contributed by atoms with E-state index in [1.54, 1.807) is 12.1 Å². The topological polar surface area (TPSA) is 69.9 Å². The summed E-state index contributed by atoms with van der Waals surface area (Å²) in [4.78, 5) is 29.8. The Hall–Kier alpha value is -2.80. The second-order valence-corrected chi connectivity index (χ2v) is 8.00. The van der Waals surface area contributed by atoms with E-state index < -0.39 is 4.92 Å². The van der Waals surface area contributed by atoms with Crippen molar-refractivity contribution < 1.29 is 9.72 Å². The van der Waals surface area contributed by atoms with Gasteiger partial charge in [-0.3, -0.25) is 14.9 Å². The summed E-state index contributed by atoms with van der Waals surface area (Å²) < 4.78 is 0. The Bertz CT molecular complexity index is 943. The summed E-state index contributed by atoms with van der Waals surface area (Å²) in [5.74, 6) is 0.0961. The average Bonchev–Trinajstić information content (AvgIpc) is 3.03. The molecule has 2 aromatic rings. The van der Waals surface area contributed by atoms with Crippen molar-refractivity contribution in [2.75, 3.05) is 42.5 Å². The van der Waals surface area contributed by atoms with Gasteiger partial charge in [-0.2, -0.15) is 0 Å².